The molecule has 84 valence electrons. The maximum absolute atomic E-state index is 8.86. The molecule has 1 aromatic heterocycles. The fourth-order valence-electron chi connectivity index (χ4n) is 1.18. The average Bonchev–Trinajstić information content (AvgIpc) is 2.33. The van der Waals surface area contributed by atoms with E-state index in [1.165, 1.54) is 12.3 Å². The topological polar surface area (TPSA) is 84.8 Å². The number of rotatable bonds is 2. The third-order valence-corrected chi connectivity index (χ3v) is 2.27. The molecule has 0 unspecified atom stereocenters. The highest BCUT2D eigenvalue weighted by molar-refractivity contribution is 6.32. The maximum Gasteiger partial charge on any atom is 0.257 e. The van der Waals surface area contributed by atoms with Crippen molar-refractivity contribution in [2.24, 2.45) is 0 Å². The molecule has 0 amide bonds. The summed E-state index contributed by atoms with van der Waals surface area (Å²) >= 11 is 5.94. The van der Waals surface area contributed by atoms with Crippen LogP contribution in [-0.4, -0.2) is 10.2 Å². The molecule has 6 heteroatoms. The molecule has 1 aromatic carbocycles. The van der Waals surface area contributed by atoms with Crippen LogP contribution in [0.15, 0.2) is 30.5 Å². The summed E-state index contributed by atoms with van der Waals surface area (Å²) in [6.45, 7) is 0. The lowest BCUT2D eigenvalue weighted by atomic mass is 10.3. The van der Waals surface area contributed by atoms with Crippen LogP contribution in [0.25, 0.3) is 0 Å². The monoisotopic (exact) mass is 246 g/mol. The van der Waals surface area contributed by atoms with E-state index in [9.17, 15) is 0 Å². The Morgan fingerprint density at radius 1 is 1.35 bits per heavy atom. The largest absolute Gasteiger partial charge is 0.435 e. The Morgan fingerprint density at radius 2 is 2.18 bits per heavy atom. The minimum absolute atomic E-state index is 0.113. The van der Waals surface area contributed by atoms with Crippen LogP contribution in [0.1, 0.15) is 5.56 Å². The number of nitrogens with zero attached hydrogens (tertiary/aromatic N) is 3. The highest BCUT2D eigenvalue weighted by atomic mass is 35.5. The molecule has 2 rings (SSSR count). The molecule has 17 heavy (non-hydrogen) atoms. The van der Waals surface area contributed by atoms with Crippen molar-refractivity contribution in [1.29, 1.82) is 5.26 Å². The number of ether oxygens (including phenoxy) is 1. The summed E-state index contributed by atoms with van der Waals surface area (Å²) in [6, 6.07) is 8.26. The quantitative estimate of drug-likeness (QED) is 0.823. The number of hydrogen-bond donors (Lipinski definition) is 1. The predicted octanol–water partition coefficient (Wildman–Crippen LogP) is 2.38. The standard InChI is InChI=1S/C11H7ClN4O/c12-9-5-8(14)1-2-10(9)17-11-7(6-13)3-4-15-16-11/h1-5H,14H2. The molecule has 0 saturated carbocycles. The Morgan fingerprint density at radius 3 is 2.88 bits per heavy atom. The van der Waals surface area contributed by atoms with E-state index in [-0.39, 0.29) is 11.4 Å². The molecule has 0 aliphatic carbocycles. The summed E-state index contributed by atoms with van der Waals surface area (Å²) in [6.07, 6.45) is 1.41. The molecule has 0 fully saturated rings. The molecule has 2 aromatic rings. The second-order valence-electron chi connectivity index (χ2n) is 3.15. The van der Waals surface area contributed by atoms with E-state index in [1.54, 1.807) is 18.2 Å². The van der Waals surface area contributed by atoms with Gasteiger partial charge in [-0.05, 0) is 24.3 Å². The summed E-state index contributed by atoms with van der Waals surface area (Å²) < 4.78 is 5.40. The number of anilines is 1. The second kappa shape index (κ2) is 4.68. The van der Waals surface area contributed by atoms with Crippen molar-refractivity contribution in [3.8, 4) is 17.7 Å². The maximum atomic E-state index is 8.86. The molecule has 5 nitrogen and oxygen atoms in total. The Labute approximate surface area is 102 Å². The van der Waals surface area contributed by atoms with Crippen molar-refractivity contribution in [2.75, 3.05) is 5.73 Å². The van der Waals surface area contributed by atoms with Gasteiger partial charge in [0.15, 0.2) is 0 Å². The first-order chi connectivity index (χ1) is 8.20. The first kappa shape index (κ1) is 11.2. The lowest BCUT2D eigenvalue weighted by Gasteiger charge is -2.07. The SMILES string of the molecule is N#Cc1ccnnc1Oc1ccc(N)cc1Cl. The second-order valence-corrected chi connectivity index (χ2v) is 3.56. The predicted molar refractivity (Wildman–Crippen MR) is 62.7 cm³/mol. The van der Waals surface area contributed by atoms with Crippen molar-refractivity contribution in [2.45, 2.75) is 0 Å². The Hall–Kier alpha value is -2.32. The first-order valence-corrected chi connectivity index (χ1v) is 5.03. The number of benzene rings is 1. The minimum atomic E-state index is 0.113. The van der Waals surface area contributed by atoms with E-state index in [0.29, 0.717) is 16.5 Å². The lowest BCUT2D eigenvalue weighted by Crippen LogP contribution is -1.94. The molecule has 0 atom stereocenters. The van der Waals surface area contributed by atoms with Crippen molar-refractivity contribution in [3.05, 3.63) is 41.0 Å². The molecule has 0 aliphatic heterocycles. The summed E-state index contributed by atoms with van der Waals surface area (Å²) in [7, 11) is 0. The van der Waals surface area contributed by atoms with E-state index in [0.717, 1.165) is 0 Å². The molecule has 1 heterocycles. The Kier molecular flexibility index (Phi) is 3.08. The lowest BCUT2D eigenvalue weighted by molar-refractivity contribution is 0.454. The smallest absolute Gasteiger partial charge is 0.257 e. The number of halogens is 1. The van der Waals surface area contributed by atoms with Gasteiger partial charge in [0.05, 0.1) is 11.2 Å². The fraction of sp³-hybridized carbons (Fsp3) is 0. The molecular formula is C11H7ClN4O. The van der Waals surface area contributed by atoms with Crippen molar-refractivity contribution in [3.63, 3.8) is 0 Å². The summed E-state index contributed by atoms with van der Waals surface area (Å²) in [4.78, 5) is 0. The summed E-state index contributed by atoms with van der Waals surface area (Å²) in [5.41, 5.74) is 6.37. The van der Waals surface area contributed by atoms with Crippen LogP contribution < -0.4 is 10.5 Å². The van der Waals surface area contributed by atoms with Gasteiger partial charge >= 0.3 is 0 Å². The number of nitrogens with two attached hydrogens (primary N) is 1. The van der Waals surface area contributed by atoms with Crippen LogP contribution in [0.2, 0.25) is 5.02 Å². The fourth-order valence-corrected chi connectivity index (χ4v) is 1.41. The van der Waals surface area contributed by atoms with Gasteiger partial charge in [-0.3, -0.25) is 0 Å². The van der Waals surface area contributed by atoms with Crippen molar-refractivity contribution in [1.82, 2.24) is 10.2 Å². The van der Waals surface area contributed by atoms with Crippen molar-refractivity contribution >= 4 is 17.3 Å². The van der Waals surface area contributed by atoms with E-state index < -0.39 is 0 Å². The zero-order valence-corrected chi connectivity index (χ0v) is 9.35. The summed E-state index contributed by atoms with van der Waals surface area (Å²) in [5, 5.41) is 16.6. The van der Waals surface area contributed by atoms with Gasteiger partial charge in [0.1, 0.15) is 17.4 Å². The van der Waals surface area contributed by atoms with Gasteiger partial charge in [0.2, 0.25) is 0 Å². The highest BCUT2D eigenvalue weighted by Gasteiger charge is 2.09. The normalized spacial score (nSPS) is 9.65. The highest BCUT2D eigenvalue weighted by Crippen LogP contribution is 2.30. The third kappa shape index (κ3) is 2.44. The van der Waals surface area contributed by atoms with Gasteiger partial charge in [0, 0.05) is 5.69 Å². The first-order valence-electron chi connectivity index (χ1n) is 4.65. The zero-order valence-electron chi connectivity index (χ0n) is 8.59. The molecule has 0 aliphatic rings. The van der Waals surface area contributed by atoms with Crippen LogP contribution in [0.3, 0.4) is 0 Å². The third-order valence-electron chi connectivity index (χ3n) is 1.97. The molecule has 0 radical (unpaired) electrons. The van der Waals surface area contributed by atoms with Gasteiger partial charge in [-0.1, -0.05) is 11.6 Å². The van der Waals surface area contributed by atoms with Crippen LogP contribution >= 0.6 is 11.6 Å². The van der Waals surface area contributed by atoms with E-state index in [1.807, 2.05) is 6.07 Å². The van der Waals surface area contributed by atoms with Gasteiger partial charge in [-0.2, -0.15) is 10.4 Å². The number of hydrogen-bond acceptors (Lipinski definition) is 5. The molecule has 0 spiro atoms. The Balaban J connectivity index is 2.35. The van der Waals surface area contributed by atoms with Crippen LogP contribution in [0, 0.1) is 11.3 Å². The number of nitrogen functional groups attached to an aromatic ring is 1. The van der Waals surface area contributed by atoms with E-state index in [4.69, 9.17) is 27.3 Å². The van der Waals surface area contributed by atoms with E-state index in [2.05, 4.69) is 10.2 Å². The van der Waals surface area contributed by atoms with Crippen molar-refractivity contribution < 1.29 is 4.74 Å². The minimum Gasteiger partial charge on any atom is -0.435 e. The number of aromatic nitrogens is 2. The molecule has 0 saturated heterocycles. The van der Waals surface area contributed by atoms with Crippen LogP contribution in [0.4, 0.5) is 5.69 Å². The summed E-state index contributed by atoms with van der Waals surface area (Å²) in [5.74, 6) is 0.486. The molecular weight excluding hydrogens is 240 g/mol. The average molecular weight is 247 g/mol. The molecule has 0 bridgehead atoms. The van der Waals surface area contributed by atoms with Gasteiger partial charge < -0.3 is 10.5 Å². The van der Waals surface area contributed by atoms with Gasteiger partial charge in [0.25, 0.3) is 5.88 Å². The molecule has 2 N–H and O–H groups in total. The van der Waals surface area contributed by atoms with Crippen LogP contribution in [-0.2, 0) is 0 Å². The van der Waals surface area contributed by atoms with Gasteiger partial charge in [-0.25, -0.2) is 0 Å². The van der Waals surface area contributed by atoms with Crippen LogP contribution in [0.5, 0.6) is 11.6 Å². The van der Waals surface area contributed by atoms with E-state index >= 15 is 0 Å². The Bertz CT molecular complexity index is 594. The van der Waals surface area contributed by atoms with Gasteiger partial charge in [-0.15, -0.1) is 5.10 Å². The zero-order chi connectivity index (χ0) is 12.3. The number of nitriles is 1.